The third kappa shape index (κ3) is 3.46. The largest absolute Gasteiger partial charge is 0.489 e. The molecule has 2 aromatic rings. The maximum atomic E-state index is 13.6. The summed E-state index contributed by atoms with van der Waals surface area (Å²) in [4.78, 5) is 0. The molecule has 0 bridgehead atoms. The summed E-state index contributed by atoms with van der Waals surface area (Å²) in [6, 6.07) is 10.1. The Bertz CT molecular complexity index is 555. The maximum Gasteiger partial charge on any atom is 0.130 e. The highest BCUT2D eigenvalue weighted by Crippen LogP contribution is 2.24. The summed E-state index contributed by atoms with van der Waals surface area (Å²) in [6.07, 6.45) is 0. The van der Waals surface area contributed by atoms with Crippen molar-refractivity contribution in [3.05, 3.63) is 56.7 Å². The molecule has 18 heavy (non-hydrogen) atoms. The summed E-state index contributed by atoms with van der Waals surface area (Å²) >= 11 is 6.53. The predicted molar refractivity (Wildman–Crippen MR) is 77.0 cm³/mol. The Morgan fingerprint density at radius 3 is 2.50 bits per heavy atom. The lowest BCUT2D eigenvalue weighted by Gasteiger charge is -2.08. The third-order valence-corrected chi connectivity index (χ3v) is 3.25. The number of hydrogen-bond donors (Lipinski definition) is 1. The van der Waals surface area contributed by atoms with Gasteiger partial charge >= 0.3 is 0 Å². The van der Waals surface area contributed by atoms with Crippen LogP contribution in [0.15, 0.2) is 45.3 Å². The number of nitrogen functional groups attached to an aromatic ring is 1. The molecule has 0 atom stereocenters. The van der Waals surface area contributed by atoms with E-state index in [-0.39, 0.29) is 12.4 Å². The molecule has 5 heteroatoms. The van der Waals surface area contributed by atoms with Crippen molar-refractivity contribution < 1.29 is 9.13 Å². The Kier molecular flexibility index (Phi) is 4.24. The molecule has 0 unspecified atom stereocenters. The lowest BCUT2D eigenvalue weighted by Crippen LogP contribution is -1.99. The summed E-state index contributed by atoms with van der Waals surface area (Å²) in [5, 5.41) is 0. The minimum absolute atomic E-state index is 0.162. The first-order chi connectivity index (χ1) is 8.54. The van der Waals surface area contributed by atoms with Crippen LogP contribution in [0, 0.1) is 5.82 Å². The first kappa shape index (κ1) is 13.4. The van der Waals surface area contributed by atoms with Crippen LogP contribution in [-0.4, -0.2) is 0 Å². The van der Waals surface area contributed by atoms with Crippen molar-refractivity contribution in [3.63, 3.8) is 0 Å². The Morgan fingerprint density at radius 2 is 1.83 bits per heavy atom. The van der Waals surface area contributed by atoms with Gasteiger partial charge in [0.05, 0.1) is 0 Å². The summed E-state index contributed by atoms with van der Waals surface area (Å²) in [5.41, 5.74) is 6.78. The number of hydrogen-bond acceptors (Lipinski definition) is 2. The molecule has 0 saturated carbocycles. The molecule has 2 aromatic carbocycles. The van der Waals surface area contributed by atoms with Crippen LogP contribution in [-0.2, 0) is 6.61 Å². The van der Waals surface area contributed by atoms with Gasteiger partial charge < -0.3 is 10.5 Å². The Hall–Kier alpha value is -1.07. The van der Waals surface area contributed by atoms with E-state index >= 15 is 0 Å². The average molecular weight is 375 g/mol. The van der Waals surface area contributed by atoms with E-state index < -0.39 is 0 Å². The molecule has 2 nitrogen and oxygen atoms in total. The molecule has 0 aliphatic heterocycles. The zero-order valence-corrected chi connectivity index (χ0v) is 12.5. The van der Waals surface area contributed by atoms with Gasteiger partial charge in [-0.05, 0) is 24.3 Å². The topological polar surface area (TPSA) is 35.2 Å². The van der Waals surface area contributed by atoms with Gasteiger partial charge in [-0.15, -0.1) is 0 Å². The zero-order valence-electron chi connectivity index (χ0n) is 9.29. The highest BCUT2D eigenvalue weighted by molar-refractivity contribution is 9.10. The van der Waals surface area contributed by atoms with Crippen LogP contribution in [0.2, 0.25) is 0 Å². The van der Waals surface area contributed by atoms with Gasteiger partial charge in [0.15, 0.2) is 0 Å². The van der Waals surface area contributed by atoms with E-state index in [1.54, 1.807) is 30.3 Å². The molecular weight excluding hydrogens is 365 g/mol. The Morgan fingerprint density at radius 1 is 1.06 bits per heavy atom. The van der Waals surface area contributed by atoms with Gasteiger partial charge in [0.25, 0.3) is 0 Å². The van der Waals surface area contributed by atoms with E-state index in [2.05, 4.69) is 31.9 Å². The van der Waals surface area contributed by atoms with E-state index in [1.807, 2.05) is 0 Å². The maximum absolute atomic E-state index is 13.6. The van der Waals surface area contributed by atoms with Crippen molar-refractivity contribution in [1.29, 1.82) is 0 Å². The van der Waals surface area contributed by atoms with Crippen molar-refractivity contribution in [2.75, 3.05) is 5.73 Å². The van der Waals surface area contributed by atoms with Crippen molar-refractivity contribution >= 4 is 37.5 Å². The van der Waals surface area contributed by atoms with Crippen molar-refractivity contribution in [2.45, 2.75) is 6.61 Å². The van der Waals surface area contributed by atoms with Gasteiger partial charge in [0.2, 0.25) is 0 Å². The smallest absolute Gasteiger partial charge is 0.130 e. The number of halogens is 3. The fourth-order valence-corrected chi connectivity index (χ4v) is 2.29. The van der Waals surface area contributed by atoms with E-state index in [0.29, 0.717) is 21.5 Å². The van der Waals surface area contributed by atoms with Crippen LogP contribution < -0.4 is 10.5 Å². The number of nitrogens with two attached hydrogens (primary N) is 1. The van der Waals surface area contributed by atoms with Crippen LogP contribution in [0.3, 0.4) is 0 Å². The molecule has 0 heterocycles. The molecule has 0 aliphatic rings. The highest BCUT2D eigenvalue weighted by atomic mass is 79.9. The lowest BCUT2D eigenvalue weighted by atomic mass is 10.2. The molecular formula is C13H10Br2FNO. The van der Waals surface area contributed by atoms with Crippen molar-refractivity contribution in [2.24, 2.45) is 0 Å². The minimum Gasteiger partial charge on any atom is -0.489 e. The second-order valence-corrected chi connectivity index (χ2v) is 5.58. The molecule has 94 valence electrons. The minimum atomic E-state index is -0.299. The normalized spacial score (nSPS) is 10.4. The van der Waals surface area contributed by atoms with Crippen molar-refractivity contribution in [3.8, 4) is 5.75 Å². The molecule has 0 aromatic heterocycles. The van der Waals surface area contributed by atoms with Gasteiger partial charge in [-0.3, -0.25) is 0 Å². The first-order valence-corrected chi connectivity index (χ1v) is 6.76. The average Bonchev–Trinajstić information content (AvgIpc) is 2.26. The van der Waals surface area contributed by atoms with E-state index in [1.165, 1.54) is 6.07 Å². The molecule has 0 saturated heterocycles. The predicted octanol–water partition coefficient (Wildman–Crippen LogP) is 4.51. The van der Waals surface area contributed by atoms with Gasteiger partial charge in [-0.25, -0.2) is 4.39 Å². The second kappa shape index (κ2) is 5.71. The standard InChI is InChI=1S/C13H10Br2FNO/c14-9-2-1-8(13(16)5-9)7-18-12-4-10(15)3-11(17)6-12/h1-6H,7,17H2. The fourth-order valence-electron chi connectivity index (χ4n) is 1.47. The fraction of sp³-hybridized carbons (Fsp3) is 0.0769. The van der Waals surface area contributed by atoms with Crippen LogP contribution in [0.5, 0.6) is 5.75 Å². The van der Waals surface area contributed by atoms with Crippen molar-refractivity contribution in [1.82, 2.24) is 0 Å². The number of anilines is 1. The van der Waals surface area contributed by atoms with Gasteiger partial charge in [-0.2, -0.15) is 0 Å². The van der Waals surface area contributed by atoms with Gasteiger partial charge in [0.1, 0.15) is 18.2 Å². The van der Waals surface area contributed by atoms with Crippen LogP contribution >= 0.6 is 31.9 Å². The van der Waals surface area contributed by atoms with E-state index in [0.717, 1.165) is 4.47 Å². The quantitative estimate of drug-likeness (QED) is 0.802. The molecule has 0 amide bonds. The Labute approximate surface area is 121 Å². The molecule has 0 fully saturated rings. The summed E-state index contributed by atoms with van der Waals surface area (Å²) in [7, 11) is 0. The molecule has 0 radical (unpaired) electrons. The molecule has 2 N–H and O–H groups in total. The number of benzene rings is 2. The second-order valence-electron chi connectivity index (χ2n) is 3.74. The lowest BCUT2D eigenvalue weighted by molar-refractivity contribution is 0.300. The van der Waals surface area contributed by atoms with Crippen LogP contribution in [0.4, 0.5) is 10.1 Å². The van der Waals surface area contributed by atoms with Gasteiger partial charge in [-0.1, -0.05) is 37.9 Å². The number of ether oxygens (including phenoxy) is 1. The SMILES string of the molecule is Nc1cc(Br)cc(OCc2ccc(Br)cc2F)c1. The van der Waals surface area contributed by atoms with E-state index in [9.17, 15) is 4.39 Å². The van der Waals surface area contributed by atoms with E-state index in [4.69, 9.17) is 10.5 Å². The first-order valence-electron chi connectivity index (χ1n) is 5.17. The molecule has 0 aliphatic carbocycles. The summed E-state index contributed by atoms with van der Waals surface area (Å²) in [5.74, 6) is 0.302. The molecule has 0 spiro atoms. The summed E-state index contributed by atoms with van der Waals surface area (Å²) < 4.78 is 20.6. The Balaban J connectivity index is 2.11. The third-order valence-electron chi connectivity index (χ3n) is 2.30. The van der Waals surface area contributed by atoms with Crippen LogP contribution in [0.25, 0.3) is 0 Å². The van der Waals surface area contributed by atoms with Crippen LogP contribution in [0.1, 0.15) is 5.56 Å². The molecule has 2 rings (SSSR count). The highest BCUT2D eigenvalue weighted by Gasteiger charge is 2.04. The van der Waals surface area contributed by atoms with Gasteiger partial charge in [0, 0.05) is 26.3 Å². The number of rotatable bonds is 3. The monoisotopic (exact) mass is 373 g/mol. The summed E-state index contributed by atoms with van der Waals surface area (Å²) in [6.45, 7) is 0.162. The zero-order chi connectivity index (χ0) is 13.1.